The van der Waals surface area contributed by atoms with E-state index in [1.54, 1.807) is 0 Å². The lowest BCUT2D eigenvalue weighted by atomic mass is 10.1. The highest BCUT2D eigenvalue weighted by Gasteiger charge is 2.27. The molecule has 6 nitrogen and oxygen atoms in total. The van der Waals surface area contributed by atoms with Gasteiger partial charge in [-0.25, -0.2) is 8.42 Å². The highest BCUT2D eigenvalue weighted by atomic mass is 32.2. The molecule has 1 aliphatic heterocycles. The minimum atomic E-state index is -2.81. The predicted octanol–water partition coefficient (Wildman–Crippen LogP) is 0.403. The number of nitrogens with one attached hydrogen (secondary N) is 2. The van der Waals surface area contributed by atoms with Gasteiger partial charge in [-0.2, -0.15) is 0 Å². The van der Waals surface area contributed by atoms with Crippen LogP contribution in [0.1, 0.15) is 26.7 Å². The van der Waals surface area contributed by atoms with Crippen LogP contribution in [-0.2, 0) is 14.6 Å². The molecule has 1 unspecified atom stereocenters. The number of rotatable bonds is 8. The summed E-state index contributed by atoms with van der Waals surface area (Å²) in [5.74, 6) is 1.51. The smallest absolute Gasteiger partial charge is 0.191 e. The lowest BCUT2D eigenvalue weighted by Crippen LogP contribution is -2.38. The van der Waals surface area contributed by atoms with Crippen molar-refractivity contribution in [1.29, 1.82) is 0 Å². The first-order valence-corrected chi connectivity index (χ1v) is 9.20. The molecule has 0 aromatic heterocycles. The average Bonchev–Trinajstić information content (AvgIpc) is 2.75. The van der Waals surface area contributed by atoms with E-state index in [0.29, 0.717) is 12.3 Å². The van der Waals surface area contributed by atoms with Gasteiger partial charge in [0.1, 0.15) is 0 Å². The number of nitrogens with zero attached hydrogens (tertiary/aromatic N) is 1. The molecule has 0 bridgehead atoms. The monoisotopic (exact) mass is 305 g/mol. The first-order chi connectivity index (χ1) is 9.57. The summed E-state index contributed by atoms with van der Waals surface area (Å²) < 4.78 is 28.1. The van der Waals surface area contributed by atoms with Gasteiger partial charge in [-0.15, -0.1) is 0 Å². The van der Waals surface area contributed by atoms with Crippen LogP contribution in [0.3, 0.4) is 0 Å². The van der Waals surface area contributed by atoms with E-state index >= 15 is 0 Å². The predicted molar refractivity (Wildman–Crippen MR) is 81.9 cm³/mol. The Hall–Kier alpha value is -0.820. The first-order valence-electron chi connectivity index (χ1n) is 7.37. The van der Waals surface area contributed by atoms with Crippen molar-refractivity contribution >= 4 is 15.8 Å². The van der Waals surface area contributed by atoms with Gasteiger partial charge in [0, 0.05) is 32.8 Å². The van der Waals surface area contributed by atoms with E-state index in [4.69, 9.17) is 4.74 Å². The number of hydrogen-bond acceptors (Lipinski definition) is 4. The van der Waals surface area contributed by atoms with Crippen molar-refractivity contribution in [2.75, 3.05) is 44.4 Å². The molecule has 0 amide bonds. The molecule has 1 fully saturated rings. The number of guanidine groups is 1. The molecule has 1 heterocycles. The Bertz CT molecular complexity index is 396. The van der Waals surface area contributed by atoms with Gasteiger partial charge < -0.3 is 15.4 Å². The van der Waals surface area contributed by atoms with Gasteiger partial charge in [0.05, 0.1) is 11.5 Å². The molecule has 20 heavy (non-hydrogen) atoms. The molecule has 1 rings (SSSR count). The molecule has 2 N–H and O–H groups in total. The van der Waals surface area contributed by atoms with Gasteiger partial charge in [-0.1, -0.05) is 0 Å². The zero-order chi connectivity index (χ0) is 14.8. The SMILES string of the molecule is CCNC(=NCC1CCS(=O)(=O)C1)NCCCOCC. The van der Waals surface area contributed by atoms with Crippen LogP contribution >= 0.6 is 0 Å². The third-order valence-electron chi connectivity index (χ3n) is 3.14. The van der Waals surface area contributed by atoms with E-state index in [2.05, 4.69) is 15.6 Å². The summed E-state index contributed by atoms with van der Waals surface area (Å²) in [4.78, 5) is 4.47. The lowest BCUT2D eigenvalue weighted by molar-refractivity contribution is 0.145. The molecular formula is C13H27N3O3S. The highest BCUT2D eigenvalue weighted by Crippen LogP contribution is 2.18. The number of aliphatic imine (C=N–C) groups is 1. The first kappa shape index (κ1) is 17.2. The summed E-state index contributed by atoms with van der Waals surface area (Å²) in [6, 6.07) is 0. The van der Waals surface area contributed by atoms with Crippen molar-refractivity contribution in [3.05, 3.63) is 0 Å². The molecule has 1 atom stereocenters. The second-order valence-corrected chi connectivity index (χ2v) is 7.19. The van der Waals surface area contributed by atoms with Crippen LogP contribution in [0, 0.1) is 5.92 Å². The van der Waals surface area contributed by atoms with Crippen molar-refractivity contribution in [3.63, 3.8) is 0 Å². The Morgan fingerprint density at radius 3 is 2.75 bits per heavy atom. The summed E-state index contributed by atoms with van der Waals surface area (Å²) in [6.07, 6.45) is 1.66. The van der Waals surface area contributed by atoms with Crippen LogP contribution in [0.4, 0.5) is 0 Å². The van der Waals surface area contributed by atoms with Crippen molar-refractivity contribution < 1.29 is 13.2 Å². The highest BCUT2D eigenvalue weighted by molar-refractivity contribution is 7.91. The summed E-state index contributed by atoms with van der Waals surface area (Å²) in [7, 11) is -2.81. The molecule has 0 spiro atoms. The van der Waals surface area contributed by atoms with E-state index < -0.39 is 9.84 Å². The standard InChI is InChI=1S/C13H27N3O3S/c1-3-14-13(15-7-5-8-19-4-2)16-10-12-6-9-20(17,18)11-12/h12H,3-11H2,1-2H3,(H2,14,15,16). The van der Waals surface area contributed by atoms with Crippen molar-refractivity contribution in [2.24, 2.45) is 10.9 Å². The normalized spacial score (nSPS) is 21.9. The molecular weight excluding hydrogens is 278 g/mol. The molecule has 0 aliphatic carbocycles. The topological polar surface area (TPSA) is 79.8 Å². The van der Waals surface area contributed by atoms with Crippen LogP contribution in [0.2, 0.25) is 0 Å². The maximum atomic E-state index is 11.4. The molecule has 118 valence electrons. The zero-order valence-corrected chi connectivity index (χ0v) is 13.3. The van der Waals surface area contributed by atoms with Crippen molar-refractivity contribution in [2.45, 2.75) is 26.7 Å². The molecule has 7 heteroatoms. The number of hydrogen-bond donors (Lipinski definition) is 2. The van der Waals surface area contributed by atoms with Crippen LogP contribution in [0.5, 0.6) is 0 Å². The van der Waals surface area contributed by atoms with E-state index in [0.717, 1.165) is 45.1 Å². The van der Waals surface area contributed by atoms with E-state index in [1.165, 1.54) is 0 Å². The summed E-state index contributed by atoms with van der Waals surface area (Å²) in [6.45, 7) is 7.63. The number of ether oxygens (including phenoxy) is 1. The molecule has 1 saturated heterocycles. The van der Waals surface area contributed by atoms with Crippen LogP contribution in [-0.4, -0.2) is 58.7 Å². The van der Waals surface area contributed by atoms with Crippen molar-refractivity contribution in [1.82, 2.24) is 10.6 Å². The van der Waals surface area contributed by atoms with E-state index in [1.807, 2.05) is 13.8 Å². The minimum absolute atomic E-state index is 0.166. The van der Waals surface area contributed by atoms with Gasteiger partial charge in [0.25, 0.3) is 0 Å². The van der Waals surface area contributed by atoms with Crippen LogP contribution < -0.4 is 10.6 Å². The maximum absolute atomic E-state index is 11.4. The molecule has 0 aromatic carbocycles. The third kappa shape index (κ3) is 7.09. The van der Waals surface area contributed by atoms with Gasteiger partial charge in [-0.05, 0) is 32.6 Å². The minimum Gasteiger partial charge on any atom is -0.382 e. The Morgan fingerprint density at radius 2 is 2.15 bits per heavy atom. The molecule has 0 radical (unpaired) electrons. The van der Waals surface area contributed by atoms with Gasteiger partial charge in [-0.3, -0.25) is 4.99 Å². The van der Waals surface area contributed by atoms with Gasteiger partial charge >= 0.3 is 0 Å². The summed E-state index contributed by atoms with van der Waals surface area (Å²) >= 11 is 0. The molecule has 1 aliphatic rings. The fourth-order valence-electron chi connectivity index (χ4n) is 2.10. The fourth-order valence-corrected chi connectivity index (χ4v) is 3.95. The lowest BCUT2D eigenvalue weighted by Gasteiger charge is -2.12. The van der Waals surface area contributed by atoms with E-state index in [-0.39, 0.29) is 11.7 Å². The Morgan fingerprint density at radius 1 is 1.35 bits per heavy atom. The quantitative estimate of drug-likeness (QED) is 0.385. The Balaban J connectivity index is 2.31. The van der Waals surface area contributed by atoms with Crippen LogP contribution in [0.15, 0.2) is 4.99 Å². The Labute approximate surface area is 122 Å². The average molecular weight is 305 g/mol. The second kappa shape index (κ2) is 9.18. The fraction of sp³-hybridized carbons (Fsp3) is 0.923. The van der Waals surface area contributed by atoms with Gasteiger partial charge in [0.15, 0.2) is 15.8 Å². The van der Waals surface area contributed by atoms with E-state index in [9.17, 15) is 8.42 Å². The molecule has 0 saturated carbocycles. The third-order valence-corrected chi connectivity index (χ3v) is 4.98. The number of sulfone groups is 1. The van der Waals surface area contributed by atoms with Gasteiger partial charge in [0.2, 0.25) is 0 Å². The summed E-state index contributed by atoms with van der Waals surface area (Å²) in [5, 5.41) is 6.40. The second-order valence-electron chi connectivity index (χ2n) is 4.97. The largest absolute Gasteiger partial charge is 0.382 e. The van der Waals surface area contributed by atoms with Crippen LogP contribution in [0.25, 0.3) is 0 Å². The molecule has 0 aromatic rings. The van der Waals surface area contributed by atoms with Crippen molar-refractivity contribution in [3.8, 4) is 0 Å². The zero-order valence-electron chi connectivity index (χ0n) is 12.5. The Kier molecular flexibility index (Phi) is 7.91. The maximum Gasteiger partial charge on any atom is 0.191 e. The summed E-state index contributed by atoms with van der Waals surface area (Å²) in [5.41, 5.74) is 0.